The zero-order chi connectivity index (χ0) is 24.2. The summed E-state index contributed by atoms with van der Waals surface area (Å²) >= 11 is 0. The zero-order valence-corrected chi connectivity index (χ0v) is 21.2. The van der Waals surface area contributed by atoms with Crippen molar-refractivity contribution in [2.24, 2.45) is 40.4 Å². The van der Waals surface area contributed by atoms with E-state index in [0.29, 0.717) is 23.7 Å². The van der Waals surface area contributed by atoms with Crippen molar-refractivity contribution in [3.05, 3.63) is 23.3 Å². The number of cyclic esters (lactones) is 1. The van der Waals surface area contributed by atoms with Crippen molar-refractivity contribution < 1.29 is 23.9 Å². The fourth-order valence-electron chi connectivity index (χ4n) is 9.76. The number of rotatable bonds is 3. The van der Waals surface area contributed by atoms with Crippen LogP contribution in [0.4, 0.5) is 0 Å². The third kappa shape index (κ3) is 2.58. The first-order valence-corrected chi connectivity index (χ1v) is 13.4. The van der Waals surface area contributed by atoms with Gasteiger partial charge in [-0.3, -0.25) is 9.59 Å². The van der Waals surface area contributed by atoms with Crippen LogP contribution < -0.4 is 0 Å². The maximum Gasteiger partial charge on any atom is 0.334 e. The molecule has 0 bridgehead atoms. The summed E-state index contributed by atoms with van der Waals surface area (Å²) in [5.41, 5.74) is 0.585. The highest BCUT2D eigenvalue weighted by Crippen LogP contribution is 2.72. The van der Waals surface area contributed by atoms with Crippen LogP contribution in [0.2, 0.25) is 0 Å². The number of hydrogen-bond acceptors (Lipinski definition) is 5. The Bertz CT molecular complexity index is 1040. The summed E-state index contributed by atoms with van der Waals surface area (Å²) in [7, 11) is 0. The van der Waals surface area contributed by atoms with Crippen LogP contribution >= 0.6 is 0 Å². The molecular formula is C29H38O5. The highest BCUT2D eigenvalue weighted by Gasteiger charge is 2.80. The Balaban J connectivity index is 1.28. The lowest BCUT2D eigenvalue weighted by molar-refractivity contribution is -0.155. The Kier molecular flexibility index (Phi) is 4.77. The summed E-state index contributed by atoms with van der Waals surface area (Å²) in [4.78, 5) is 38.8. The molecule has 5 nitrogen and oxygen atoms in total. The van der Waals surface area contributed by atoms with Crippen LogP contribution in [0.25, 0.3) is 0 Å². The molecule has 6 rings (SSSR count). The van der Waals surface area contributed by atoms with Gasteiger partial charge in [-0.15, -0.1) is 0 Å². The van der Waals surface area contributed by atoms with Gasteiger partial charge in [0, 0.05) is 12.0 Å². The molecule has 2 aliphatic heterocycles. The molecule has 184 valence electrons. The summed E-state index contributed by atoms with van der Waals surface area (Å²) in [6.07, 6.45) is 9.60. The number of allylic oxidation sites excluding steroid dienone is 1. The number of ketones is 2. The van der Waals surface area contributed by atoms with Crippen molar-refractivity contribution in [1.82, 2.24) is 0 Å². The van der Waals surface area contributed by atoms with E-state index in [2.05, 4.69) is 20.8 Å². The van der Waals surface area contributed by atoms with E-state index in [0.717, 1.165) is 50.5 Å². The maximum absolute atomic E-state index is 13.3. The summed E-state index contributed by atoms with van der Waals surface area (Å²) in [6, 6.07) is 0. The zero-order valence-electron chi connectivity index (χ0n) is 21.2. The van der Waals surface area contributed by atoms with Crippen molar-refractivity contribution in [3.8, 4) is 0 Å². The Morgan fingerprint density at radius 1 is 1.06 bits per heavy atom. The Hall–Kier alpha value is -1.75. The van der Waals surface area contributed by atoms with Crippen LogP contribution in [-0.4, -0.2) is 35.3 Å². The average Bonchev–Trinajstić information content (AvgIpc) is 3.43. The highest BCUT2D eigenvalue weighted by atomic mass is 16.6. The van der Waals surface area contributed by atoms with Crippen molar-refractivity contribution in [3.63, 3.8) is 0 Å². The quantitative estimate of drug-likeness (QED) is 0.433. The van der Waals surface area contributed by atoms with Gasteiger partial charge in [-0.05, 0) is 99.5 Å². The second kappa shape index (κ2) is 7.15. The first kappa shape index (κ1) is 22.7. The number of fused-ring (bicyclic) bond motifs is 4. The monoisotopic (exact) mass is 466 g/mol. The van der Waals surface area contributed by atoms with E-state index in [1.165, 1.54) is 17.7 Å². The van der Waals surface area contributed by atoms with Crippen LogP contribution in [0.15, 0.2) is 23.3 Å². The number of carbonyl (C=O) groups excluding carboxylic acids is 3. The first-order chi connectivity index (χ1) is 16.1. The number of ether oxygens (including phenoxy) is 2. The van der Waals surface area contributed by atoms with Gasteiger partial charge < -0.3 is 9.47 Å². The standard InChI is InChI=1S/C29H38O5/c1-6-17-15(2)13-22(33-26(17)32)16(3)19-7-8-20-18-14-25-29(34-25)24(31)10-9-23(30)28(29,5)21(18)11-12-27(19,20)4/h9-10,16,18-22,25H,6-8,11-14H2,1-5H3/t16-,18?,19?,20?,21?,22?,25+,27+,28-,29+/m0/s1. The Morgan fingerprint density at radius 2 is 1.79 bits per heavy atom. The van der Waals surface area contributed by atoms with Gasteiger partial charge in [-0.1, -0.05) is 26.3 Å². The second-order valence-electron chi connectivity index (χ2n) is 12.6. The van der Waals surface area contributed by atoms with E-state index in [4.69, 9.17) is 9.47 Å². The number of hydrogen-bond donors (Lipinski definition) is 0. The molecular weight excluding hydrogens is 428 g/mol. The molecule has 0 aromatic rings. The normalized spacial score (nSPS) is 50.2. The molecule has 4 fully saturated rings. The largest absolute Gasteiger partial charge is 0.458 e. The first-order valence-electron chi connectivity index (χ1n) is 13.4. The van der Waals surface area contributed by atoms with Gasteiger partial charge in [0.2, 0.25) is 0 Å². The maximum atomic E-state index is 13.3. The molecule has 1 saturated heterocycles. The predicted molar refractivity (Wildman–Crippen MR) is 127 cm³/mol. The second-order valence-corrected chi connectivity index (χ2v) is 12.6. The van der Waals surface area contributed by atoms with Gasteiger partial charge in [0.1, 0.15) is 6.10 Å². The van der Waals surface area contributed by atoms with Gasteiger partial charge in [-0.2, -0.15) is 0 Å². The van der Waals surface area contributed by atoms with Gasteiger partial charge in [0.25, 0.3) is 0 Å². The lowest BCUT2D eigenvalue weighted by atomic mass is 9.44. The molecule has 0 aromatic carbocycles. The van der Waals surface area contributed by atoms with Crippen LogP contribution in [0.5, 0.6) is 0 Å². The van der Waals surface area contributed by atoms with E-state index in [9.17, 15) is 14.4 Å². The molecule has 5 unspecified atom stereocenters. The molecule has 2 heterocycles. The molecule has 0 aromatic heterocycles. The van der Waals surface area contributed by atoms with Gasteiger partial charge >= 0.3 is 5.97 Å². The van der Waals surface area contributed by atoms with E-state index >= 15 is 0 Å². The van der Waals surface area contributed by atoms with Gasteiger partial charge in [0.15, 0.2) is 17.2 Å². The molecule has 10 atom stereocenters. The SMILES string of the molecule is CCC1=C(C)CC([C@@H](C)C2CCC3C4C[C@H]5O[C@]56C(=O)C=CC(=O)[C@]6(C)C4CC[C@@]32C)OC1=O. The van der Waals surface area contributed by atoms with Crippen molar-refractivity contribution in [2.45, 2.75) is 97.4 Å². The molecule has 3 saturated carbocycles. The van der Waals surface area contributed by atoms with Gasteiger partial charge in [-0.25, -0.2) is 4.79 Å². The molecule has 6 aliphatic rings. The summed E-state index contributed by atoms with van der Waals surface area (Å²) in [6.45, 7) is 10.9. The third-order valence-corrected chi connectivity index (χ3v) is 11.6. The third-order valence-electron chi connectivity index (χ3n) is 11.6. The lowest BCUT2D eigenvalue weighted by Gasteiger charge is -2.57. The minimum absolute atomic E-state index is 0.00158. The Labute approximate surface area is 202 Å². The smallest absolute Gasteiger partial charge is 0.334 e. The van der Waals surface area contributed by atoms with Crippen LogP contribution in [-0.2, 0) is 23.9 Å². The Morgan fingerprint density at radius 3 is 2.50 bits per heavy atom. The van der Waals surface area contributed by atoms with E-state index in [1.54, 1.807) is 0 Å². The highest BCUT2D eigenvalue weighted by molar-refractivity contribution is 6.15. The van der Waals surface area contributed by atoms with Crippen LogP contribution in [0, 0.1) is 40.4 Å². The number of epoxide rings is 1. The van der Waals surface area contributed by atoms with E-state index in [1.807, 2.05) is 13.8 Å². The molecule has 0 amide bonds. The molecule has 0 radical (unpaired) electrons. The minimum atomic E-state index is -0.893. The fraction of sp³-hybridized carbons (Fsp3) is 0.759. The van der Waals surface area contributed by atoms with Crippen molar-refractivity contribution in [2.75, 3.05) is 0 Å². The fourth-order valence-corrected chi connectivity index (χ4v) is 9.76. The molecule has 4 aliphatic carbocycles. The topological polar surface area (TPSA) is 73.0 Å². The van der Waals surface area contributed by atoms with Crippen LogP contribution in [0.3, 0.4) is 0 Å². The number of esters is 1. The van der Waals surface area contributed by atoms with E-state index in [-0.39, 0.29) is 41.1 Å². The summed E-state index contributed by atoms with van der Waals surface area (Å²) < 4.78 is 12.2. The molecule has 0 N–H and O–H groups in total. The minimum Gasteiger partial charge on any atom is -0.458 e. The summed E-state index contributed by atoms with van der Waals surface area (Å²) in [5.74, 6) is 1.89. The van der Waals surface area contributed by atoms with Crippen molar-refractivity contribution >= 4 is 17.5 Å². The van der Waals surface area contributed by atoms with E-state index < -0.39 is 11.0 Å². The average molecular weight is 467 g/mol. The molecule has 5 heteroatoms. The van der Waals surface area contributed by atoms with Crippen LogP contribution in [0.1, 0.15) is 79.6 Å². The predicted octanol–water partition coefficient (Wildman–Crippen LogP) is 4.98. The van der Waals surface area contributed by atoms with Gasteiger partial charge in [0.05, 0.1) is 11.5 Å². The molecule has 1 spiro atoms. The number of carbonyl (C=O) groups is 3. The summed E-state index contributed by atoms with van der Waals surface area (Å²) in [5, 5.41) is 0. The van der Waals surface area contributed by atoms with Crippen molar-refractivity contribution in [1.29, 1.82) is 0 Å². The lowest BCUT2D eigenvalue weighted by Crippen LogP contribution is -2.62. The molecule has 34 heavy (non-hydrogen) atoms.